The van der Waals surface area contributed by atoms with Crippen molar-refractivity contribution in [1.82, 2.24) is 0 Å². The van der Waals surface area contributed by atoms with Gasteiger partial charge in [-0.25, -0.2) is 0 Å². The number of rotatable bonds is 3. The van der Waals surface area contributed by atoms with Gasteiger partial charge in [0.1, 0.15) is 0 Å². The predicted molar refractivity (Wildman–Crippen MR) is 89.1 cm³/mol. The van der Waals surface area contributed by atoms with Crippen molar-refractivity contribution >= 4 is 55.1 Å². The first kappa shape index (κ1) is 16.3. The maximum absolute atomic E-state index is 9.51. The van der Waals surface area contributed by atoms with Crippen LogP contribution in [0.15, 0.2) is 33.2 Å². The molecule has 0 aliphatic rings. The normalized spacial score (nSPS) is 10.9. The molecule has 0 fully saturated rings. The van der Waals surface area contributed by atoms with E-state index in [1.54, 1.807) is 24.3 Å². The summed E-state index contributed by atoms with van der Waals surface area (Å²) in [5.41, 5.74) is 2.90. The Morgan fingerprint density at radius 1 is 0.750 bits per heavy atom. The van der Waals surface area contributed by atoms with Gasteiger partial charge in [-0.1, -0.05) is 23.2 Å². The predicted octanol–water partition coefficient (Wildman–Crippen LogP) is 5.17. The number of halogens is 4. The van der Waals surface area contributed by atoms with Crippen LogP contribution in [0.1, 0.15) is 11.1 Å². The summed E-state index contributed by atoms with van der Waals surface area (Å²) in [5, 5.41) is 20.1. The number of hydrogen-bond donors (Lipinski definition) is 2. The van der Waals surface area contributed by atoms with Crippen LogP contribution in [0.4, 0.5) is 0 Å². The van der Waals surface area contributed by atoms with Gasteiger partial charge in [-0.2, -0.15) is 0 Å². The van der Waals surface area contributed by atoms with E-state index in [9.17, 15) is 10.2 Å². The minimum atomic E-state index is -0.135. The lowest BCUT2D eigenvalue weighted by Gasteiger charge is -2.14. The van der Waals surface area contributed by atoms with Crippen LogP contribution in [0.5, 0.6) is 0 Å². The molecule has 0 aliphatic carbocycles. The SMILES string of the molecule is OCc1cc(Br)c(Cl)cc1-c1cc(Cl)c(Br)cc1CO. The van der Waals surface area contributed by atoms with Crippen LogP contribution >= 0.6 is 55.1 Å². The van der Waals surface area contributed by atoms with E-state index in [0.717, 1.165) is 11.1 Å². The number of aliphatic hydroxyl groups excluding tert-OH is 2. The van der Waals surface area contributed by atoms with Crippen LogP contribution in [0, 0.1) is 0 Å². The van der Waals surface area contributed by atoms with Crippen molar-refractivity contribution in [3.8, 4) is 11.1 Å². The molecule has 6 heteroatoms. The Bertz CT molecular complexity index is 603. The minimum Gasteiger partial charge on any atom is -0.392 e. The highest BCUT2D eigenvalue weighted by molar-refractivity contribution is 9.10. The maximum atomic E-state index is 9.51. The zero-order valence-corrected chi connectivity index (χ0v) is 14.8. The van der Waals surface area contributed by atoms with E-state index in [1.165, 1.54) is 0 Å². The topological polar surface area (TPSA) is 40.5 Å². The Kier molecular flexibility index (Phi) is 5.51. The molecule has 2 N–H and O–H groups in total. The lowest BCUT2D eigenvalue weighted by molar-refractivity contribution is 0.280. The molecule has 0 bridgehead atoms. The number of benzene rings is 2. The average molecular weight is 441 g/mol. The molecule has 0 spiro atoms. The second-order valence-electron chi connectivity index (χ2n) is 4.16. The minimum absolute atomic E-state index is 0.135. The largest absolute Gasteiger partial charge is 0.392 e. The van der Waals surface area contributed by atoms with Crippen molar-refractivity contribution < 1.29 is 10.2 Å². The third-order valence-corrected chi connectivity index (χ3v) is 5.32. The van der Waals surface area contributed by atoms with Crippen molar-refractivity contribution in [2.24, 2.45) is 0 Å². The maximum Gasteiger partial charge on any atom is 0.0688 e. The molecular formula is C14H10Br2Cl2O2. The van der Waals surface area contributed by atoms with E-state index in [2.05, 4.69) is 31.9 Å². The van der Waals surface area contributed by atoms with Gasteiger partial charge >= 0.3 is 0 Å². The van der Waals surface area contributed by atoms with Gasteiger partial charge < -0.3 is 10.2 Å². The lowest BCUT2D eigenvalue weighted by atomic mass is 9.96. The highest BCUT2D eigenvalue weighted by atomic mass is 79.9. The van der Waals surface area contributed by atoms with Gasteiger partial charge in [0.05, 0.1) is 23.3 Å². The van der Waals surface area contributed by atoms with Crippen LogP contribution in [0.3, 0.4) is 0 Å². The molecule has 0 saturated carbocycles. The van der Waals surface area contributed by atoms with Gasteiger partial charge in [-0.15, -0.1) is 0 Å². The Morgan fingerprint density at radius 3 is 1.40 bits per heavy atom. The standard InChI is InChI=1S/C14H10Br2Cl2O2/c15-11-1-7(5-19)9(3-13(11)17)10-4-14(18)12(16)2-8(10)6-20/h1-4,19-20H,5-6H2. The van der Waals surface area contributed by atoms with Crippen molar-refractivity contribution in [1.29, 1.82) is 0 Å². The van der Waals surface area contributed by atoms with Crippen LogP contribution in [-0.4, -0.2) is 10.2 Å². The zero-order chi connectivity index (χ0) is 14.9. The summed E-state index contributed by atoms with van der Waals surface area (Å²) in [5.74, 6) is 0. The van der Waals surface area contributed by atoms with Crippen LogP contribution in [-0.2, 0) is 13.2 Å². The molecule has 0 saturated heterocycles. The lowest BCUT2D eigenvalue weighted by Crippen LogP contribution is -1.96. The van der Waals surface area contributed by atoms with Crippen LogP contribution in [0.2, 0.25) is 10.0 Å². The molecule has 2 rings (SSSR count). The molecule has 2 aromatic rings. The fraction of sp³-hybridized carbons (Fsp3) is 0.143. The Balaban J connectivity index is 2.73. The summed E-state index contributed by atoms with van der Waals surface area (Å²) in [4.78, 5) is 0. The van der Waals surface area contributed by atoms with Gasteiger partial charge in [-0.3, -0.25) is 0 Å². The smallest absolute Gasteiger partial charge is 0.0688 e. The van der Waals surface area contributed by atoms with E-state index in [0.29, 0.717) is 30.1 Å². The first-order valence-electron chi connectivity index (χ1n) is 5.65. The molecule has 0 unspecified atom stereocenters. The van der Waals surface area contributed by atoms with Gasteiger partial charge in [-0.05, 0) is 78.4 Å². The molecule has 106 valence electrons. The molecule has 2 nitrogen and oxygen atoms in total. The van der Waals surface area contributed by atoms with E-state index in [4.69, 9.17) is 23.2 Å². The third kappa shape index (κ3) is 3.21. The highest BCUT2D eigenvalue weighted by Crippen LogP contribution is 2.37. The van der Waals surface area contributed by atoms with Gasteiger partial charge in [0, 0.05) is 8.95 Å². The van der Waals surface area contributed by atoms with E-state index >= 15 is 0 Å². The zero-order valence-electron chi connectivity index (χ0n) is 10.1. The first-order chi connectivity index (χ1) is 9.47. The summed E-state index contributed by atoms with van der Waals surface area (Å²) >= 11 is 18.9. The third-order valence-electron chi connectivity index (χ3n) is 2.92. The second kappa shape index (κ2) is 6.77. The average Bonchev–Trinajstić information content (AvgIpc) is 2.43. The van der Waals surface area contributed by atoms with Crippen molar-refractivity contribution in [3.05, 3.63) is 54.4 Å². The molecule has 2 aromatic carbocycles. The molecule has 0 heterocycles. The van der Waals surface area contributed by atoms with Gasteiger partial charge in [0.25, 0.3) is 0 Å². The van der Waals surface area contributed by atoms with Crippen LogP contribution in [0.25, 0.3) is 11.1 Å². The van der Waals surface area contributed by atoms with Crippen molar-refractivity contribution in [3.63, 3.8) is 0 Å². The van der Waals surface area contributed by atoms with E-state index in [1.807, 2.05) is 0 Å². The van der Waals surface area contributed by atoms with E-state index in [-0.39, 0.29) is 13.2 Å². The van der Waals surface area contributed by atoms with Crippen LogP contribution < -0.4 is 0 Å². The van der Waals surface area contributed by atoms with Gasteiger partial charge in [0.15, 0.2) is 0 Å². The number of hydrogen-bond acceptors (Lipinski definition) is 2. The molecule has 20 heavy (non-hydrogen) atoms. The fourth-order valence-corrected chi connectivity index (χ4v) is 3.05. The summed E-state index contributed by atoms with van der Waals surface area (Å²) in [6.45, 7) is -0.271. The van der Waals surface area contributed by atoms with Crippen molar-refractivity contribution in [2.45, 2.75) is 13.2 Å². The Morgan fingerprint density at radius 2 is 1.10 bits per heavy atom. The molecule has 0 atom stereocenters. The first-order valence-corrected chi connectivity index (χ1v) is 8.00. The molecule has 0 aliphatic heterocycles. The van der Waals surface area contributed by atoms with E-state index < -0.39 is 0 Å². The summed E-state index contributed by atoms with van der Waals surface area (Å²) < 4.78 is 1.42. The van der Waals surface area contributed by atoms with Crippen molar-refractivity contribution in [2.75, 3.05) is 0 Å². The molecular weight excluding hydrogens is 431 g/mol. The summed E-state index contributed by atoms with van der Waals surface area (Å²) in [6.07, 6.45) is 0. The fourth-order valence-electron chi connectivity index (χ4n) is 1.94. The molecule has 0 radical (unpaired) electrons. The monoisotopic (exact) mass is 438 g/mol. The second-order valence-corrected chi connectivity index (χ2v) is 6.69. The quantitative estimate of drug-likeness (QED) is 0.691. The summed E-state index contributed by atoms with van der Waals surface area (Å²) in [6, 6.07) is 7.01. The highest BCUT2D eigenvalue weighted by Gasteiger charge is 2.14. The molecule has 0 aromatic heterocycles. The molecule has 0 amide bonds. The van der Waals surface area contributed by atoms with Gasteiger partial charge in [0.2, 0.25) is 0 Å². The number of aliphatic hydroxyl groups is 2. The Labute approximate surface area is 143 Å². The Hall–Kier alpha value is -0.100. The summed E-state index contributed by atoms with van der Waals surface area (Å²) in [7, 11) is 0.